The molecule has 2 rings (SSSR count). The number of rotatable bonds is 3. The van der Waals surface area contributed by atoms with Crippen molar-refractivity contribution in [2.75, 3.05) is 5.32 Å². The van der Waals surface area contributed by atoms with Crippen LogP contribution in [0.25, 0.3) is 0 Å². The van der Waals surface area contributed by atoms with Gasteiger partial charge in [0.25, 0.3) is 11.8 Å². The second-order valence-electron chi connectivity index (χ2n) is 4.42. The van der Waals surface area contributed by atoms with E-state index >= 15 is 0 Å². The molecule has 24 heavy (non-hydrogen) atoms. The second-order valence-corrected chi connectivity index (χ2v) is 4.42. The summed E-state index contributed by atoms with van der Waals surface area (Å²) in [4.78, 5) is 22.9. The van der Waals surface area contributed by atoms with E-state index in [4.69, 9.17) is 5.21 Å². The van der Waals surface area contributed by atoms with Crippen LogP contribution in [0.2, 0.25) is 0 Å². The van der Waals surface area contributed by atoms with Gasteiger partial charge in [0.15, 0.2) is 23.3 Å². The number of hydrogen-bond acceptors (Lipinski definition) is 3. The van der Waals surface area contributed by atoms with E-state index in [0.717, 1.165) is 24.3 Å². The lowest BCUT2D eigenvalue weighted by atomic mass is 10.1. The van der Waals surface area contributed by atoms with Gasteiger partial charge in [0.2, 0.25) is 5.82 Å². The van der Waals surface area contributed by atoms with Crippen LogP contribution in [0, 0.1) is 29.1 Å². The number of anilines is 1. The molecule has 10 heteroatoms. The maximum absolute atomic E-state index is 13.5. The Hall–Kier alpha value is -3.01. The molecule has 0 aromatic heterocycles. The molecule has 0 spiro atoms. The molecule has 0 radical (unpaired) electrons. The first-order valence-corrected chi connectivity index (χ1v) is 6.15. The third kappa shape index (κ3) is 3.04. The molecule has 0 heterocycles. The van der Waals surface area contributed by atoms with E-state index in [0.29, 0.717) is 0 Å². The Morgan fingerprint density at radius 2 is 1.21 bits per heavy atom. The summed E-state index contributed by atoms with van der Waals surface area (Å²) in [6.45, 7) is 0. The van der Waals surface area contributed by atoms with Crippen molar-refractivity contribution in [1.29, 1.82) is 0 Å². The fourth-order valence-electron chi connectivity index (χ4n) is 1.77. The number of amides is 2. The van der Waals surface area contributed by atoms with Crippen molar-refractivity contribution >= 4 is 17.5 Å². The van der Waals surface area contributed by atoms with Crippen molar-refractivity contribution in [1.82, 2.24) is 5.48 Å². The highest BCUT2D eigenvalue weighted by Gasteiger charge is 2.29. The molecule has 2 amide bonds. The van der Waals surface area contributed by atoms with Gasteiger partial charge in [-0.2, -0.15) is 0 Å². The molecular formula is C14H7F5N2O3. The Labute approximate surface area is 130 Å². The molecule has 0 saturated heterocycles. The molecule has 5 nitrogen and oxygen atoms in total. The lowest BCUT2D eigenvalue weighted by Crippen LogP contribution is -2.20. The van der Waals surface area contributed by atoms with Crippen LogP contribution in [0.15, 0.2) is 24.3 Å². The monoisotopic (exact) mass is 346 g/mol. The lowest BCUT2D eigenvalue weighted by Gasteiger charge is -2.09. The summed E-state index contributed by atoms with van der Waals surface area (Å²) in [5.41, 5.74) is -0.372. The van der Waals surface area contributed by atoms with Crippen molar-refractivity contribution in [2.24, 2.45) is 0 Å². The number of benzene rings is 2. The van der Waals surface area contributed by atoms with Crippen molar-refractivity contribution < 1.29 is 36.7 Å². The van der Waals surface area contributed by atoms with Crippen LogP contribution < -0.4 is 10.8 Å². The first kappa shape index (κ1) is 17.3. The largest absolute Gasteiger partial charge is 0.322 e. The Morgan fingerprint density at radius 3 is 1.67 bits per heavy atom. The standard InChI is InChI=1S/C14H7F5N2O3/c15-8-7(9(16)11(18)12(19)10(8)17)14(23)20-6-3-1-5(2-4-6)13(22)21-24/h1-4,24H,(H,20,23)(H,21,22). The van der Waals surface area contributed by atoms with Gasteiger partial charge in [-0.15, -0.1) is 0 Å². The van der Waals surface area contributed by atoms with Gasteiger partial charge < -0.3 is 5.32 Å². The van der Waals surface area contributed by atoms with Crippen LogP contribution in [-0.4, -0.2) is 17.0 Å². The quantitative estimate of drug-likeness (QED) is 0.263. The van der Waals surface area contributed by atoms with Crippen LogP contribution in [0.5, 0.6) is 0 Å². The highest BCUT2D eigenvalue weighted by atomic mass is 19.2. The maximum Gasteiger partial charge on any atom is 0.274 e. The zero-order chi connectivity index (χ0) is 18.0. The number of hydrogen-bond donors (Lipinski definition) is 3. The van der Waals surface area contributed by atoms with Crippen molar-refractivity contribution in [3.63, 3.8) is 0 Å². The Morgan fingerprint density at radius 1 is 0.750 bits per heavy atom. The van der Waals surface area contributed by atoms with E-state index in [2.05, 4.69) is 0 Å². The smallest absolute Gasteiger partial charge is 0.274 e. The minimum atomic E-state index is -2.37. The molecule has 3 N–H and O–H groups in total. The normalized spacial score (nSPS) is 10.4. The molecule has 0 atom stereocenters. The summed E-state index contributed by atoms with van der Waals surface area (Å²) in [7, 11) is 0. The summed E-state index contributed by atoms with van der Waals surface area (Å²) < 4.78 is 66.1. The Balaban J connectivity index is 2.33. The Bertz CT molecular complexity index is 795. The van der Waals surface area contributed by atoms with E-state index < -0.39 is 46.5 Å². The summed E-state index contributed by atoms with van der Waals surface area (Å²) >= 11 is 0. The van der Waals surface area contributed by atoms with E-state index in [1.54, 1.807) is 0 Å². The highest BCUT2D eigenvalue weighted by Crippen LogP contribution is 2.24. The molecule has 0 unspecified atom stereocenters. The van der Waals surface area contributed by atoms with Gasteiger partial charge in [-0.25, -0.2) is 27.4 Å². The van der Waals surface area contributed by atoms with Crippen molar-refractivity contribution in [2.45, 2.75) is 0 Å². The highest BCUT2D eigenvalue weighted by molar-refractivity contribution is 6.05. The first-order chi connectivity index (χ1) is 11.3. The van der Waals surface area contributed by atoms with Crippen LogP contribution >= 0.6 is 0 Å². The second kappa shape index (κ2) is 6.62. The third-order valence-electron chi connectivity index (χ3n) is 2.94. The van der Waals surface area contributed by atoms with Gasteiger partial charge in [-0.05, 0) is 24.3 Å². The summed E-state index contributed by atoms with van der Waals surface area (Å²) in [6, 6.07) is 4.52. The summed E-state index contributed by atoms with van der Waals surface area (Å²) in [6.07, 6.45) is 0. The molecule has 0 saturated carbocycles. The van der Waals surface area contributed by atoms with Gasteiger partial charge in [0.1, 0.15) is 5.56 Å². The van der Waals surface area contributed by atoms with Gasteiger partial charge in [-0.1, -0.05) is 0 Å². The van der Waals surface area contributed by atoms with Crippen LogP contribution in [0.1, 0.15) is 20.7 Å². The summed E-state index contributed by atoms with van der Waals surface area (Å²) in [5, 5.41) is 10.4. The minimum absolute atomic E-state index is 0.00766. The number of carbonyl (C=O) groups is 2. The zero-order valence-electron chi connectivity index (χ0n) is 11.5. The SMILES string of the molecule is O=C(NO)c1ccc(NC(=O)c2c(F)c(F)c(F)c(F)c2F)cc1. The predicted octanol–water partition coefficient (Wildman–Crippen LogP) is 2.75. The fraction of sp³-hybridized carbons (Fsp3) is 0. The van der Waals surface area contributed by atoms with Crippen LogP contribution in [-0.2, 0) is 0 Å². The number of hydroxylamine groups is 1. The van der Waals surface area contributed by atoms with Gasteiger partial charge >= 0.3 is 0 Å². The molecule has 0 fully saturated rings. The minimum Gasteiger partial charge on any atom is -0.322 e. The van der Waals surface area contributed by atoms with Crippen molar-refractivity contribution in [3.05, 3.63) is 64.5 Å². The number of carbonyl (C=O) groups excluding carboxylic acids is 2. The Kier molecular flexibility index (Phi) is 4.79. The van der Waals surface area contributed by atoms with E-state index in [9.17, 15) is 31.5 Å². The lowest BCUT2D eigenvalue weighted by molar-refractivity contribution is 0.0706. The number of nitrogens with one attached hydrogen (secondary N) is 2. The van der Waals surface area contributed by atoms with Crippen LogP contribution in [0.4, 0.5) is 27.6 Å². The molecule has 126 valence electrons. The molecule has 0 aliphatic heterocycles. The molecule has 0 bridgehead atoms. The zero-order valence-corrected chi connectivity index (χ0v) is 11.5. The van der Waals surface area contributed by atoms with E-state index in [1.807, 2.05) is 5.32 Å². The van der Waals surface area contributed by atoms with Gasteiger partial charge in [-0.3, -0.25) is 14.8 Å². The summed E-state index contributed by atoms with van der Waals surface area (Å²) in [5.74, 6) is -13.8. The fourth-order valence-corrected chi connectivity index (χ4v) is 1.77. The first-order valence-electron chi connectivity index (χ1n) is 6.15. The molecule has 2 aromatic carbocycles. The third-order valence-corrected chi connectivity index (χ3v) is 2.94. The topological polar surface area (TPSA) is 78.4 Å². The molecular weight excluding hydrogens is 339 g/mol. The number of halogens is 5. The average molecular weight is 346 g/mol. The van der Waals surface area contributed by atoms with Crippen molar-refractivity contribution in [3.8, 4) is 0 Å². The van der Waals surface area contributed by atoms with E-state index in [1.165, 1.54) is 5.48 Å². The molecule has 2 aromatic rings. The van der Waals surface area contributed by atoms with Crippen LogP contribution in [0.3, 0.4) is 0 Å². The van der Waals surface area contributed by atoms with E-state index in [-0.39, 0.29) is 11.3 Å². The maximum atomic E-state index is 13.5. The van der Waals surface area contributed by atoms with Gasteiger partial charge in [0.05, 0.1) is 0 Å². The average Bonchev–Trinajstić information content (AvgIpc) is 2.58. The molecule has 0 aliphatic carbocycles. The molecule has 0 aliphatic rings. The predicted molar refractivity (Wildman–Crippen MR) is 69.9 cm³/mol. The van der Waals surface area contributed by atoms with Gasteiger partial charge in [0, 0.05) is 11.3 Å².